The van der Waals surface area contributed by atoms with Crippen molar-refractivity contribution in [3.63, 3.8) is 0 Å². The Morgan fingerprint density at radius 2 is 1.33 bits per heavy atom. The van der Waals surface area contributed by atoms with E-state index in [9.17, 15) is 4.39 Å². The first-order valence-electron chi connectivity index (χ1n) is 11.6. The molecule has 0 atom stereocenters. The van der Waals surface area contributed by atoms with Crippen molar-refractivity contribution in [2.75, 3.05) is 0 Å². The molecule has 0 aromatic carbocycles. The van der Waals surface area contributed by atoms with E-state index >= 15 is 0 Å². The van der Waals surface area contributed by atoms with E-state index in [1.807, 2.05) is 6.08 Å². The number of rotatable bonds is 10. The van der Waals surface area contributed by atoms with E-state index in [0.717, 1.165) is 30.1 Å². The van der Waals surface area contributed by atoms with Gasteiger partial charge in [-0.25, -0.2) is 0 Å². The molecular weight excluding hydrogens is 333 g/mol. The minimum absolute atomic E-state index is 0.707. The van der Waals surface area contributed by atoms with Gasteiger partial charge in [-0.05, 0) is 42.6 Å². The SMILES string of the molecule is CCCC[C@H]1CC[C@H](CC[C@H]2CC[C@H](CC/C=C/C=C(\F)C#N)CC2)CC1. The van der Waals surface area contributed by atoms with Crippen molar-refractivity contribution in [2.45, 2.75) is 103 Å². The Morgan fingerprint density at radius 3 is 1.81 bits per heavy atom. The van der Waals surface area contributed by atoms with Crippen molar-refractivity contribution in [3.8, 4) is 6.07 Å². The summed E-state index contributed by atoms with van der Waals surface area (Å²) in [6.07, 6.45) is 26.0. The number of nitriles is 1. The Bertz CT molecular complexity index is 485. The van der Waals surface area contributed by atoms with Crippen molar-refractivity contribution in [3.05, 3.63) is 24.1 Å². The molecule has 27 heavy (non-hydrogen) atoms. The van der Waals surface area contributed by atoms with Crippen LogP contribution in [0.4, 0.5) is 4.39 Å². The standard InChI is InChI=1S/C25H40FN/c1-2-3-7-21-10-14-23(15-11-21)18-19-24-16-12-22(13-17-24)8-5-4-6-9-25(26)20-27/h4,6,9,21-24H,2-3,5,7-8,10-19H2,1H3/b6-4+,25-9-/t21-,22-,23-,24-. The topological polar surface area (TPSA) is 23.8 Å². The van der Waals surface area contributed by atoms with Gasteiger partial charge in [0.05, 0.1) is 0 Å². The second-order valence-corrected chi connectivity index (χ2v) is 9.12. The number of halogens is 1. The molecule has 2 rings (SSSR count). The van der Waals surface area contributed by atoms with E-state index in [1.165, 1.54) is 102 Å². The molecule has 0 aliphatic heterocycles. The summed E-state index contributed by atoms with van der Waals surface area (Å²) in [6.45, 7) is 2.31. The molecule has 152 valence electrons. The first-order valence-corrected chi connectivity index (χ1v) is 11.6. The van der Waals surface area contributed by atoms with Crippen LogP contribution in [0.3, 0.4) is 0 Å². The first kappa shape index (κ1) is 22.2. The van der Waals surface area contributed by atoms with Gasteiger partial charge in [0.25, 0.3) is 0 Å². The van der Waals surface area contributed by atoms with E-state index in [4.69, 9.17) is 5.26 Å². The second kappa shape index (κ2) is 13.1. The van der Waals surface area contributed by atoms with Gasteiger partial charge in [0.2, 0.25) is 0 Å². The molecule has 2 heteroatoms. The van der Waals surface area contributed by atoms with E-state index in [2.05, 4.69) is 6.92 Å². The third kappa shape index (κ3) is 9.09. The fourth-order valence-electron chi connectivity index (χ4n) is 5.20. The van der Waals surface area contributed by atoms with Crippen LogP contribution in [0.15, 0.2) is 24.1 Å². The zero-order chi connectivity index (χ0) is 19.3. The Morgan fingerprint density at radius 1 is 0.852 bits per heavy atom. The van der Waals surface area contributed by atoms with Gasteiger partial charge in [0, 0.05) is 0 Å². The van der Waals surface area contributed by atoms with E-state index in [0.29, 0.717) is 0 Å². The van der Waals surface area contributed by atoms with Gasteiger partial charge < -0.3 is 0 Å². The summed E-state index contributed by atoms with van der Waals surface area (Å²) in [7, 11) is 0. The molecule has 0 radical (unpaired) electrons. The highest BCUT2D eigenvalue weighted by Crippen LogP contribution is 2.38. The van der Waals surface area contributed by atoms with Crippen molar-refractivity contribution >= 4 is 0 Å². The summed E-state index contributed by atoms with van der Waals surface area (Å²) >= 11 is 0. The van der Waals surface area contributed by atoms with Gasteiger partial charge in [0.1, 0.15) is 6.07 Å². The van der Waals surface area contributed by atoms with Crippen LogP contribution in [0.5, 0.6) is 0 Å². The number of nitrogens with zero attached hydrogens (tertiary/aromatic N) is 1. The fourth-order valence-corrected chi connectivity index (χ4v) is 5.20. The van der Waals surface area contributed by atoms with Crippen LogP contribution in [-0.4, -0.2) is 0 Å². The van der Waals surface area contributed by atoms with Crippen LogP contribution >= 0.6 is 0 Å². The third-order valence-electron chi connectivity index (χ3n) is 7.11. The highest BCUT2D eigenvalue weighted by molar-refractivity contribution is 5.18. The van der Waals surface area contributed by atoms with Crippen LogP contribution in [0.25, 0.3) is 0 Å². The summed E-state index contributed by atoms with van der Waals surface area (Å²) in [4.78, 5) is 0. The average Bonchev–Trinajstić information content (AvgIpc) is 2.72. The highest BCUT2D eigenvalue weighted by Gasteiger charge is 2.24. The number of unbranched alkanes of at least 4 members (excludes halogenated alkanes) is 1. The third-order valence-corrected chi connectivity index (χ3v) is 7.11. The Kier molecular flexibility index (Phi) is 10.8. The molecule has 2 fully saturated rings. The maximum atomic E-state index is 12.7. The van der Waals surface area contributed by atoms with Crippen molar-refractivity contribution in [1.82, 2.24) is 0 Å². The lowest BCUT2D eigenvalue weighted by molar-refractivity contribution is 0.209. The van der Waals surface area contributed by atoms with Gasteiger partial charge in [-0.1, -0.05) is 103 Å². The summed E-state index contributed by atoms with van der Waals surface area (Å²) < 4.78 is 12.7. The van der Waals surface area contributed by atoms with Gasteiger partial charge in [-0.2, -0.15) is 9.65 Å². The molecule has 0 aromatic rings. The molecule has 0 saturated heterocycles. The maximum absolute atomic E-state index is 12.7. The largest absolute Gasteiger partial charge is 0.199 e. The molecule has 0 spiro atoms. The summed E-state index contributed by atoms with van der Waals surface area (Å²) in [6, 6.07) is 1.50. The van der Waals surface area contributed by atoms with E-state index in [-0.39, 0.29) is 0 Å². The van der Waals surface area contributed by atoms with Crippen LogP contribution in [0.2, 0.25) is 0 Å². The molecule has 0 aromatic heterocycles. The monoisotopic (exact) mass is 373 g/mol. The van der Waals surface area contributed by atoms with Crippen molar-refractivity contribution < 1.29 is 4.39 Å². The molecule has 2 aliphatic rings. The lowest BCUT2D eigenvalue weighted by Gasteiger charge is -2.32. The fraction of sp³-hybridized carbons (Fsp3) is 0.800. The van der Waals surface area contributed by atoms with E-state index in [1.54, 1.807) is 6.08 Å². The Hall–Kier alpha value is -1.10. The minimum atomic E-state index is -0.707. The van der Waals surface area contributed by atoms with Crippen molar-refractivity contribution in [2.24, 2.45) is 23.7 Å². The van der Waals surface area contributed by atoms with Crippen LogP contribution in [-0.2, 0) is 0 Å². The summed E-state index contributed by atoms with van der Waals surface area (Å²) in [5.74, 6) is 3.18. The predicted octanol–water partition coefficient (Wildman–Crippen LogP) is 8.28. The summed E-state index contributed by atoms with van der Waals surface area (Å²) in [5, 5.41) is 8.36. The lowest BCUT2D eigenvalue weighted by atomic mass is 9.74. The maximum Gasteiger partial charge on any atom is 0.199 e. The molecule has 0 N–H and O–H groups in total. The molecule has 0 bridgehead atoms. The number of hydrogen-bond acceptors (Lipinski definition) is 1. The van der Waals surface area contributed by atoms with Crippen LogP contribution in [0.1, 0.15) is 103 Å². The van der Waals surface area contributed by atoms with Crippen molar-refractivity contribution in [1.29, 1.82) is 5.26 Å². The molecule has 0 heterocycles. The molecule has 0 amide bonds. The van der Waals surface area contributed by atoms with Crippen LogP contribution < -0.4 is 0 Å². The molecule has 2 aliphatic carbocycles. The van der Waals surface area contributed by atoms with Gasteiger partial charge in [-0.15, -0.1) is 0 Å². The average molecular weight is 374 g/mol. The number of allylic oxidation sites excluding steroid dienone is 4. The predicted molar refractivity (Wildman–Crippen MR) is 113 cm³/mol. The normalized spacial score (nSPS) is 29.7. The molecule has 2 saturated carbocycles. The zero-order valence-electron chi connectivity index (χ0n) is 17.5. The lowest BCUT2D eigenvalue weighted by Crippen LogP contribution is -2.18. The highest BCUT2D eigenvalue weighted by atomic mass is 19.1. The second-order valence-electron chi connectivity index (χ2n) is 9.12. The van der Waals surface area contributed by atoms with Crippen LogP contribution in [0, 0.1) is 35.0 Å². The van der Waals surface area contributed by atoms with Gasteiger partial charge in [0.15, 0.2) is 5.83 Å². The molecular formula is C25H40FN. The zero-order valence-corrected chi connectivity index (χ0v) is 17.5. The van der Waals surface area contributed by atoms with Gasteiger partial charge >= 0.3 is 0 Å². The van der Waals surface area contributed by atoms with E-state index < -0.39 is 5.83 Å². The first-order chi connectivity index (χ1) is 13.2. The number of hydrogen-bond donors (Lipinski definition) is 0. The quantitative estimate of drug-likeness (QED) is 0.279. The Labute approximate surface area is 167 Å². The van der Waals surface area contributed by atoms with Gasteiger partial charge in [-0.3, -0.25) is 0 Å². The Balaban J connectivity index is 1.52. The smallest absolute Gasteiger partial charge is 0.195 e. The molecule has 1 nitrogen and oxygen atoms in total. The minimum Gasteiger partial charge on any atom is -0.195 e. The molecule has 0 unspecified atom stereocenters. The summed E-state index contributed by atoms with van der Waals surface area (Å²) in [5.41, 5.74) is 0.